The fraction of sp³-hybridized carbons (Fsp3) is 0.625. The first-order valence-electron chi connectivity index (χ1n) is 8.56. The molecule has 0 heterocycles. The topological polar surface area (TPSA) is 76.6 Å². The maximum absolute atomic E-state index is 5.65. The van der Waals surface area contributed by atoms with Gasteiger partial charge in [0, 0.05) is 13.2 Å². The number of hydrogen-bond acceptors (Lipinski definition) is 8. The summed E-state index contributed by atoms with van der Waals surface area (Å²) in [7, 11) is -3.68. The van der Waals surface area contributed by atoms with Crippen molar-refractivity contribution in [2.45, 2.75) is 33.7 Å². The van der Waals surface area contributed by atoms with Gasteiger partial charge in [-0.2, -0.15) is 13.7 Å². The summed E-state index contributed by atoms with van der Waals surface area (Å²) in [6.45, 7) is 8.13. The van der Waals surface area contributed by atoms with E-state index in [2.05, 4.69) is 17.4 Å². The summed E-state index contributed by atoms with van der Waals surface area (Å²) in [5.74, 6) is 0. The fourth-order valence-corrected chi connectivity index (χ4v) is 3.14. The molecule has 0 fully saturated rings. The Balaban J connectivity index is 2.35. The van der Waals surface area contributed by atoms with Crippen molar-refractivity contribution in [3.8, 4) is 0 Å². The van der Waals surface area contributed by atoms with E-state index in [4.69, 9.17) is 32.8 Å². The molecule has 9 heteroatoms. The van der Waals surface area contributed by atoms with Gasteiger partial charge in [0.2, 0.25) is 0 Å². The molecule has 0 saturated heterocycles. The Labute approximate surface area is 150 Å². The maximum atomic E-state index is 5.65. The van der Waals surface area contributed by atoms with Crippen molar-refractivity contribution in [1.82, 2.24) is 5.32 Å². The Bertz CT molecular complexity index is 402. The third kappa shape index (κ3) is 9.99. The molecule has 144 valence electrons. The zero-order valence-electron chi connectivity index (χ0n) is 15.2. The van der Waals surface area contributed by atoms with Crippen molar-refractivity contribution in [1.29, 1.82) is 0 Å². The molecule has 0 atom stereocenters. The minimum atomic E-state index is -3.68. The average molecular weight is 375 g/mol. The molecule has 0 unspecified atom stereocenters. The fourth-order valence-electron chi connectivity index (χ4n) is 1.73. The molecule has 0 amide bonds. The molecule has 8 nitrogen and oxygen atoms in total. The lowest BCUT2D eigenvalue weighted by Gasteiger charge is -2.23. The zero-order valence-corrected chi connectivity index (χ0v) is 16.2. The number of rotatable bonds is 16. The Morgan fingerprint density at radius 1 is 0.840 bits per heavy atom. The molecular weight excluding hydrogens is 346 g/mol. The molecule has 1 aromatic rings. The van der Waals surface area contributed by atoms with Crippen LogP contribution >= 0.6 is 0 Å². The van der Waals surface area contributed by atoms with Gasteiger partial charge >= 0.3 is 9.05 Å². The largest absolute Gasteiger partial charge is 0.764 e. The van der Waals surface area contributed by atoms with E-state index in [-0.39, 0.29) is 0 Å². The molecule has 0 aliphatic rings. The first kappa shape index (κ1) is 22.2. The third-order valence-electron chi connectivity index (χ3n) is 2.79. The smallest absolute Gasteiger partial charge is 0.347 e. The lowest BCUT2D eigenvalue weighted by Crippen LogP contribution is -2.49. The second kappa shape index (κ2) is 14.3. The van der Waals surface area contributed by atoms with E-state index < -0.39 is 9.05 Å². The molecule has 0 aromatic heterocycles. The summed E-state index contributed by atoms with van der Waals surface area (Å²) in [6, 6.07) is 10.2. The summed E-state index contributed by atoms with van der Waals surface area (Å²) in [5.41, 5.74) is 1.23. The van der Waals surface area contributed by atoms with Crippen molar-refractivity contribution in [3.05, 3.63) is 35.9 Å². The van der Waals surface area contributed by atoms with Gasteiger partial charge in [0.15, 0.2) is 0 Å². The standard InChI is InChI=1S/C16H29NO7Si/c1-4-18-22-25(23-19-5-2,24-20-6-3)21-14-10-13-17-15-16-11-8-7-9-12-16/h7-9,11-12,17H,4-6,10,13-15H2,1-3H3. The molecule has 0 saturated carbocycles. The van der Waals surface area contributed by atoms with E-state index in [1.807, 2.05) is 18.2 Å². The van der Waals surface area contributed by atoms with Gasteiger partial charge in [-0.15, -0.1) is 0 Å². The number of hydrogen-bond donors (Lipinski definition) is 1. The van der Waals surface area contributed by atoms with Crippen molar-refractivity contribution >= 4 is 9.05 Å². The van der Waals surface area contributed by atoms with Crippen LogP contribution in [-0.4, -0.2) is 42.0 Å². The number of nitrogens with one attached hydrogen (secondary N) is 1. The van der Waals surface area contributed by atoms with Gasteiger partial charge < -0.3 is 9.74 Å². The molecule has 1 N–H and O–H groups in total. The lowest BCUT2D eigenvalue weighted by molar-refractivity contribution is -0.385. The van der Waals surface area contributed by atoms with Crippen LogP contribution in [0, 0.1) is 0 Å². The summed E-state index contributed by atoms with van der Waals surface area (Å²) >= 11 is 0. The molecule has 0 aliphatic carbocycles. The van der Waals surface area contributed by atoms with Gasteiger partial charge in [0.05, 0.1) is 19.8 Å². The van der Waals surface area contributed by atoms with E-state index in [9.17, 15) is 0 Å². The highest BCUT2D eigenvalue weighted by Crippen LogP contribution is 2.14. The normalized spacial score (nSPS) is 11.8. The van der Waals surface area contributed by atoms with E-state index in [0.717, 1.165) is 19.5 Å². The highest BCUT2D eigenvalue weighted by Gasteiger charge is 2.52. The highest BCUT2D eigenvalue weighted by molar-refractivity contribution is 6.52. The number of benzene rings is 1. The van der Waals surface area contributed by atoms with Crippen molar-refractivity contribution < 1.29 is 32.8 Å². The highest BCUT2D eigenvalue weighted by atomic mass is 28.4. The first-order valence-corrected chi connectivity index (χ1v) is 10.2. The first-order chi connectivity index (χ1) is 12.3. The summed E-state index contributed by atoms with van der Waals surface area (Å²) in [6.07, 6.45) is 0.724. The minimum Gasteiger partial charge on any atom is -0.347 e. The maximum Gasteiger partial charge on any atom is 0.764 e. The van der Waals surface area contributed by atoms with Crippen LogP contribution in [0.1, 0.15) is 32.8 Å². The van der Waals surface area contributed by atoms with Gasteiger partial charge in [-0.25, -0.2) is 14.7 Å². The van der Waals surface area contributed by atoms with Gasteiger partial charge in [-0.3, -0.25) is 0 Å². The van der Waals surface area contributed by atoms with Crippen LogP contribution < -0.4 is 5.32 Å². The zero-order chi connectivity index (χ0) is 18.2. The minimum absolute atomic E-state index is 0.307. The second-order valence-electron chi connectivity index (χ2n) is 4.83. The molecule has 1 rings (SSSR count). The SMILES string of the molecule is CCOO[Si](OCCCNCc1ccccc1)(OOCC)OOCC. The van der Waals surface area contributed by atoms with Gasteiger partial charge in [0.25, 0.3) is 0 Å². The summed E-state index contributed by atoms with van der Waals surface area (Å²) < 4.78 is 21.1. The van der Waals surface area contributed by atoms with Crippen LogP contribution in [0.5, 0.6) is 0 Å². The predicted molar refractivity (Wildman–Crippen MR) is 92.6 cm³/mol. The van der Waals surface area contributed by atoms with E-state index >= 15 is 0 Å². The van der Waals surface area contributed by atoms with Crippen LogP contribution in [0.4, 0.5) is 0 Å². The quantitative estimate of drug-likeness (QED) is 0.204. The van der Waals surface area contributed by atoms with Crippen LogP contribution in [0.2, 0.25) is 0 Å². The van der Waals surface area contributed by atoms with Gasteiger partial charge in [0.1, 0.15) is 0 Å². The van der Waals surface area contributed by atoms with Gasteiger partial charge in [-0.1, -0.05) is 30.3 Å². The van der Waals surface area contributed by atoms with Crippen LogP contribution in [0.15, 0.2) is 30.3 Å². The molecule has 1 aromatic carbocycles. The average Bonchev–Trinajstić information content (AvgIpc) is 2.66. The van der Waals surface area contributed by atoms with Crippen molar-refractivity contribution in [2.75, 3.05) is 33.0 Å². The molecule has 0 radical (unpaired) electrons. The van der Waals surface area contributed by atoms with E-state index in [0.29, 0.717) is 26.4 Å². The van der Waals surface area contributed by atoms with Crippen molar-refractivity contribution in [3.63, 3.8) is 0 Å². The Morgan fingerprint density at radius 3 is 1.92 bits per heavy atom. The Morgan fingerprint density at radius 2 is 1.40 bits per heavy atom. The van der Waals surface area contributed by atoms with Gasteiger partial charge in [-0.05, 0) is 39.3 Å². The molecule has 0 bridgehead atoms. The third-order valence-corrected chi connectivity index (χ3v) is 4.31. The van der Waals surface area contributed by atoms with Crippen LogP contribution in [-0.2, 0) is 39.4 Å². The Hall–Kier alpha value is -0.883. The predicted octanol–water partition coefficient (Wildman–Crippen LogP) is 2.52. The second-order valence-corrected chi connectivity index (χ2v) is 6.62. The molecule has 0 spiro atoms. The summed E-state index contributed by atoms with van der Waals surface area (Å²) in [4.78, 5) is 14.8. The molecular formula is C16H29NO7Si. The molecule has 0 aliphatic heterocycles. The van der Waals surface area contributed by atoms with Crippen molar-refractivity contribution in [2.24, 2.45) is 0 Å². The summed E-state index contributed by atoms with van der Waals surface area (Å²) in [5, 5.41) is 3.34. The van der Waals surface area contributed by atoms with E-state index in [1.54, 1.807) is 20.8 Å². The Kier molecular flexibility index (Phi) is 12.7. The van der Waals surface area contributed by atoms with Crippen LogP contribution in [0.3, 0.4) is 0 Å². The monoisotopic (exact) mass is 375 g/mol. The van der Waals surface area contributed by atoms with Crippen LogP contribution in [0.25, 0.3) is 0 Å². The van der Waals surface area contributed by atoms with E-state index in [1.165, 1.54) is 5.56 Å². The lowest BCUT2D eigenvalue weighted by atomic mass is 10.2. The molecule has 25 heavy (non-hydrogen) atoms.